The van der Waals surface area contributed by atoms with Gasteiger partial charge in [0, 0.05) is 24.0 Å². The van der Waals surface area contributed by atoms with Crippen molar-refractivity contribution in [1.29, 1.82) is 0 Å². The van der Waals surface area contributed by atoms with Crippen molar-refractivity contribution < 1.29 is 22.7 Å². The zero-order valence-corrected chi connectivity index (χ0v) is 27.3. The van der Waals surface area contributed by atoms with Gasteiger partial charge in [-0.2, -0.15) is 0 Å². The molecule has 0 heterocycles. The third-order valence-electron chi connectivity index (χ3n) is 8.19. The van der Waals surface area contributed by atoms with Gasteiger partial charge in [-0.1, -0.05) is 103 Å². The largest absolute Gasteiger partial charge is 0.495 e. The van der Waals surface area contributed by atoms with E-state index in [1.807, 2.05) is 60.7 Å². The van der Waals surface area contributed by atoms with E-state index in [1.165, 1.54) is 30.2 Å². The van der Waals surface area contributed by atoms with Crippen LogP contribution >= 0.6 is 11.6 Å². The molecule has 1 saturated carbocycles. The first kappa shape index (κ1) is 33.0. The van der Waals surface area contributed by atoms with Gasteiger partial charge in [0.1, 0.15) is 18.3 Å². The summed E-state index contributed by atoms with van der Waals surface area (Å²) in [5.74, 6) is -0.586. The normalized spacial score (nSPS) is 14.0. The number of nitrogens with zero attached hydrogens (tertiary/aromatic N) is 2. The van der Waals surface area contributed by atoms with Gasteiger partial charge in [-0.05, 0) is 54.3 Å². The third kappa shape index (κ3) is 8.08. The van der Waals surface area contributed by atoms with Gasteiger partial charge in [-0.25, -0.2) is 8.42 Å². The second-order valence-corrected chi connectivity index (χ2v) is 13.6. The van der Waals surface area contributed by atoms with Crippen LogP contribution in [-0.4, -0.2) is 50.9 Å². The first-order valence-corrected chi connectivity index (χ1v) is 17.2. The molecule has 1 aliphatic rings. The number of sulfonamides is 1. The fraction of sp³-hybridized carbons (Fsp3) is 0.278. The van der Waals surface area contributed by atoms with Crippen molar-refractivity contribution in [2.45, 2.75) is 55.6 Å². The molecule has 0 spiro atoms. The second-order valence-electron chi connectivity index (χ2n) is 11.3. The SMILES string of the molecule is COc1ccc(Cl)cc1N(CC(=O)N(Cc1ccccc1)C(Cc1ccccc1)C(=O)NC1CCCC1)S(=O)(=O)c1ccccc1. The molecule has 46 heavy (non-hydrogen) atoms. The van der Waals surface area contributed by atoms with E-state index in [9.17, 15) is 18.0 Å². The Morgan fingerprint density at radius 3 is 2.07 bits per heavy atom. The number of rotatable bonds is 13. The molecule has 1 atom stereocenters. The van der Waals surface area contributed by atoms with Crippen LogP contribution in [0.4, 0.5) is 5.69 Å². The number of nitrogens with one attached hydrogen (secondary N) is 1. The van der Waals surface area contributed by atoms with Gasteiger partial charge in [-0.3, -0.25) is 13.9 Å². The van der Waals surface area contributed by atoms with E-state index in [-0.39, 0.29) is 46.3 Å². The highest BCUT2D eigenvalue weighted by Gasteiger charge is 2.36. The molecule has 0 bridgehead atoms. The summed E-state index contributed by atoms with van der Waals surface area (Å²) in [4.78, 5) is 30.2. The van der Waals surface area contributed by atoms with E-state index in [0.717, 1.165) is 41.1 Å². The number of carbonyl (C=O) groups is 2. The quantitative estimate of drug-likeness (QED) is 0.183. The van der Waals surface area contributed by atoms with Crippen molar-refractivity contribution in [3.05, 3.63) is 125 Å². The van der Waals surface area contributed by atoms with Gasteiger partial charge in [0.25, 0.3) is 10.0 Å². The van der Waals surface area contributed by atoms with Crippen LogP contribution in [-0.2, 0) is 32.6 Å². The first-order valence-electron chi connectivity index (χ1n) is 15.4. The maximum atomic E-state index is 14.6. The highest BCUT2D eigenvalue weighted by atomic mass is 35.5. The van der Waals surface area contributed by atoms with Crippen LogP contribution in [0.3, 0.4) is 0 Å². The molecule has 4 aromatic rings. The van der Waals surface area contributed by atoms with Gasteiger partial charge < -0.3 is 15.0 Å². The Morgan fingerprint density at radius 1 is 0.870 bits per heavy atom. The Hall–Kier alpha value is -4.34. The van der Waals surface area contributed by atoms with E-state index < -0.39 is 28.5 Å². The molecular formula is C36H38ClN3O5S. The van der Waals surface area contributed by atoms with Crippen LogP contribution in [0.15, 0.2) is 114 Å². The number of ether oxygens (including phenoxy) is 1. The van der Waals surface area contributed by atoms with Crippen LogP contribution < -0.4 is 14.4 Å². The molecule has 10 heteroatoms. The first-order chi connectivity index (χ1) is 22.3. The fourth-order valence-corrected chi connectivity index (χ4v) is 7.40. The van der Waals surface area contributed by atoms with Crippen molar-refractivity contribution in [2.75, 3.05) is 18.0 Å². The van der Waals surface area contributed by atoms with Crippen LogP contribution in [0.25, 0.3) is 0 Å². The summed E-state index contributed by atoms with van der Waals surface area (Å²) in [6.45, 7) is -0.496. The molecule has 4 aromatic carbocycles. The van der Waals surface area contributed by atoms with Gasteiger partial charge >= 0.3 is 0 Å². The highest BCUT2D eigenvalue weighted by molar-refractivity contribution is 7.92. The van der Waals surface area contributed by atoms with Crippen molar-refractivity contribution in [3.8, 4) is 5.75 Å². The predicted molar refractivity (Wildman–Crippen MR) is 180 cm³/mol. The number of carbonyl (C=O) groups excluding carboxylic acids is 2. The number of methoxy groups -OCH3 is 1. The Morgan fingerprint density at radius 2 is 1.46 bits per heavy atom. The average Bonchev–Trinajstić information content (AvgIpc) is 3.59. The molecule has 1 N–H and O–H groups in total. The lowest BCUT2D eigenvalue weighted by atomic mass is 10.0. The molecule has 1 aliphatic carbocycles. The van der Waals surface area contributed by atoms with Crippen LogP contribution in [0, 0.1) is 0 Å². The molecule has 2 amide bonds. The smallest absolute Gasteiger partial charge is 0.264 e. The molecule has 0 radical (unpaired) electrons. The van der Waals surface area contributed by atoms with Crippen LogP contribution in [0.1, 0.15) is 36.8 Å². The molecule has 0 saturated heterocycles. The maximum absolute atomic E-state index is 14.6. The number of amides is 2. The summed E-state index contributed by atoms with van der Waals surface area (Å²) in [5.41, 5.74) is 1.80. The zero-order valence-electron chi connectivity index (χ0n) is 25.7. The van der Waals surface area contributed by atoms with Gasteiger partial charge in [0.05, 0.1) is 17.7 Å². The van der Waals surface area contributed by atoms with Crippen molar-refractivity contribution in [1.82, 2.24) is 10.2 Å². The van der Waals surface area contributed by atoms with E-state index in [0.29, 0.717) is 0 Å². The Balaban J connectivity index is 1.59. The Bertz CT molecular complexity index is 1720. The molecule has 8 nitrogen and oxygen atoms in total. The van der Waals surface area contributed by atoms with Crippen molar-refractivity contribution in [2.24, 2.45) is 0 Å². The molecule has 240 valence electrons. The van der Waals surface area contributed by atoms with Gasteiger partial charge in [0.15, 0.2) is 0 Å². The molecule has 0 aromatic heterocycles. The molecule has 1 unspecified atom stereocenters. The predicted octanol–water partition coefficient (Wildman–Crippen LogP) is 6.24. The van der Waals surface area contributed by atoms with E-state index in [4.69, 9.17) is 16.3 Å². The molecular weight excluding hydrogens is 622 g/mol. The monoisotopic (exact) mass is 659 g/mol. The Kier molecular flexibility index (Phi) is 11.0. The van der Waals surface area contributed by atoms with Gasteiger partial charge in [-0.15, -0.1) is 0 Å². The summed E-state index contributed by atoms with van der Waals surface area (Å²) in [5, 5.41) is 3.46. The van der Waals surface area contributed by atoms with Crippen molar-refractivity contribution >= 4 is 39.1 Å². The van der Waals surface area contributed by atoms with E-state index in [1.54, 1.807) is 30.3 Å². The number of hydrogen-bond donors (Lipinski definition) is 1. The minimum absolute atomic E-state index is 0.000694. The standard InChI is InChI=1S/C36H38ClN3O5S/c1-45-34-22-21-29(37)24-32(34)40(46(43,44)31-19-9-4-10-20-31)26-35(41)39(25-28-15-7-3-8-16-28)33(23-27-13-5-2-6-14-27)36(42)38-30-17-11-12-18-30/h2-10,13-16,19-22,24,30,33H,11-12,17-18,23,25-26H2,1H3,(H,38,42). The van der Waals surface area contributed by atoms with E-state index >= 15 is 0 Å². The van der Waals surface area contributed by atoms with E-state index in [2.05, 4.69) is 5.32 Å². The molecule has 5 rings (SSSR count). The minimum Gasteiger partial charge on any atom is -0.495 e. The molecule has 1 fully saturated rings. The lowest BCUT2D eigenvalue weighted by Gasteiger charge is -2.34. The number of halogens is 1. The summed E-state index contributed by atoms with van der Waals surface area (Å²) in [6.07, 6.45) is 4.09. The zero-order chi connectivity index (χ0) is 32.5. The summed E-state index contributed by atoms with van der Waals surface area (Å²) in [7, 11) is -2.86. The lowest BCUT2D eigenvalue weighted by molar-refractivity contribution is -0.140. The van der Waals surface area contributed by atoms with Crippen LogP contribution in [0.2, 0.25) is 5.02 Å². The number of hydrogen-bond acceptors (Lipinski definition) is 5. The Labute approximate surface area is 276 Å². The highest BCUT2D eigenvalue weighted by Crippen LogP contribution is 2.35. The van der Waals surface area contributed by atoms with Gasteiger partial charge in [0.2, 0.25) is 11.8 Å². The second kappa shape index (κ2) is 15.3. The molecule has 0 aliphatic heterocycles. The third-order valence-corrected chi connectivity index (χ3v) is 10.2. The maximum Gasteiger partial charge on any atom is 0.264 e. The number of benzene rings is 4. The van der Waals surface area contributed by atoms with Crippen molar-refractivity contribution in [3.63, 3.8) is 0 Å². The summed E-state index contributed by atoms with van der Waals surface area (Å²) < 4.78 is 35.0. The fourth-order valence-electron chi connectivity index (χ4n) is 5.79. The summed E-state index contributed by atoms with van der Waals surface area (Å²) in [6, 6.07) is 30.5. The number of anilines is 1. The minimum atomic E-state index is -4.28. The lowest BCUT2D eigenvalue weighted by Crippen LogP contribution is -2.54. The van der Waals surface area contributed by atoms with Crippen LogP contribution in [0.5, 0.6) is 5.75 Å². The topological polar surface area (TPSA) is 96.0 Å². The average molecular weight is 660 g/mol. The summed E-state index contributed by atoms with van der Waals surface area (Å²) >= 11 is 6.36.